The molecule has 0 bridgehead atoms. The summed E-state index contributed by atoms with van der Waals surface area (Å²) in [6.45, 7) is 8.39. The van der Waals surface area contributed by atoms with Crippen molar-refractivity contribution in [2.75, 3.05) is 32.7 Å². The molecular weight excluding hydrogens is 421 g/mol. The third-order valence-electron chi connectivity index (χ3n) is 6.20. The molecule has 2 aromatic rings. The number of rotatable bonds is 4. The fraction of sp³-hybridized carbons (Fsp3) is 0.542. The minimum absolute atomic E-state index is 0.159. The van der Waals surface area contributed by atoms with Gasteiger partial charge in [-0.2, -0.15) is 13.2 Å². The van der Waals surface area contributed by atoms with E-state index in [1.807, 2.05) is 0 Å². The number of furan rings is 1. The van der Waals surface area contributed by atoms with E-state index < -0.39 is 11.7 Å². The number of alkyl halides is 3. The summed E-state index contributed by atoms with van der Waals surface area (Å²) in [6.07, 6.45) is -2.10. The Morgan fingerprint density at radius 3 is 2.41 bits per heavy atom. The van der Waals surface area contributed by atoms with Gasteiger partial charge in [-0.15, -0.1) is 0 Å². The second kappa shape index (κ2) is 9.27. The molecule has 4 rings (SSSR count). The lowest BCUT2D eigenvalue weighted by Crippen LogP contribution is -2.48. The first-order chi connectivity index (χ1) is 15.2. The van der Waals surface area contributed by atoms with E-state index in [1.165, 1.54) is 6.07 Å². The zero-order chi connectivity index (χ0) is 22.9. The Kier molecular flexibility index (Phi) is 6.62. The number of benzene rings is 1. The smallest absolute Gasteiger partial charge is 0.416 e. The van der Waals surface area contributed by atoms with Crippen LogP contribution in [0.2, 0.25) is 0 Å². The number of halogens is 3. The maximum atomic E-state index is 13.0. The van der Waals surface area contributed by atoms with Gasteiger partial charge in [0.1, 0.15) is 5.76 Å². The van der Waals surface area contributed by atoms with Crippen molar-refractivity contribution in [3.63, 3.8) is 0 Å². The Morgan fingerprint density at radius 2 is 1.75 bits per heavy atom. The van der Waals surface area contributed by atoms with Crippen molar-refractivity contribution in [1.82, 2.24) is 9.80 Å². The molecule has 1 aromatic heterocycles. The minimum Gasteiger partial charge on any atom is -0.451 e. The summed E-state index contributed by atoms with van der Waals surface area (Å²) < 4.78 is 50.4. The lowest BCUT2D eigenvalue weighted by atomic mass is 9.95. The third kappa shape index (κ3) is 5.35. The maximum absolute atomic E-state index is 13.0. The van der Waals surface area contributed by atoms with Crippen molar-refractivity contribution in [3.8, 4) is 11.3 Å². The first-order valence-electron chi connectivity index (χ1n) is 11.1. The van der Waals surface area contributed by atoms with Crippen LogP contribution in [0.25, 0.3) is 11.3 Å². The molecular formula is C24H29F3N2O3. The molecule has 5 nitrogen and oxygen atoms in total. The molecule has 1 aromatic carbocycles. The largest absolute Gasteiger partial charge is 0.451 e. The number of likely N-dealkylation sites (tertiary alicyclic amines) is 1. The summed E-state index contributed by atoms with van der Waals surface area (Å²) in [5.74, 6) is 0.737. The molecule has 32 heavy (non-hydrogen) atoms. The Labute approximate surface area is 186 Å². The van der Waals surface area contributed by atoms with E-state index in [1.54, 1.807) is 23.1 Å². The molecule has 2 aliphatic rings. The molecule has 0 radical (unpaired) electrons. The first-order valence-corrected chi connectivity index (χ1v) is 11.1. The third-order valence-corrected chi connectivity index (χ3v) is 6.20. The van der Waals surface area contributed by atoms with Crippen molar-refractivity contribution in [2.45, 2.75) is 45.1 Å². The topological polar surface area (TPSA) is 45.9 Å². The van der Waals surface area contributed by atoms with Gasteiger partial charge in [0.2, 0.25) is 0 Å². The number of piperidine rings is 1. The second-order valence-electron chi connectivity index (χ2n) is 8.95. The molecule has 8 heteroatoms. The van der Waals surface area contributed by atoms with Crippen LogP contribution in [0.3, 0.4) is 0 Å². The number of nitrogens with zero attached hydrogens (tertiary/aromatic N) is 2. The Balaban J connectivity index is 1.34. The monoisotopic (exact) mass is 450 g/mol. The quantitative estimate of drug-likeness (QED) is 0.663. The van der Waals surface area contributed by atoms with Crippen LogP contribution in [0.1, 0.15) is 42.8 Å². The summed E-state index contributed by atoms with van der Waals surface area (Å²) >= 11 is 0. The SMILES string of the molecule is CC1CN(CC2CCN(C(=O)c3ccc(-c4cccc(C(F)(F)F)c4)o3)CC2)CC(C)O1. The predicted molar refractivity (Wildman–Crippen MR) is 114 cm³/mol. The van der Waals surface area contributed by atoms with E-state index in [2.05, 4.69) is 18.7 Å². The molecule has 2 saturated heterocycles. The Hall–Kier alpha value is -2.32. The molecule has 1 amide bonds. The number of amides is 1. The highest BCUT2D eigenvalue weighted by atomic mass is 19.4. The standard InChI is InChI=1S/C24H29F3N2O3/c1-16-13-28(14-17(2)31-16)15-18-8-10-29(11-9-18)23(30)22-7-6-21(32-22)19-4-3-5-20(12-19)24(25,26)27/h3-7,12,16-18H,8-11,13-15H2,1-2H3. The van der Waals surface area contributed by atoms with E-state index in [0.717, 1.165) is 44.6 Å². The summed E-state index contributed by atoms with van der Waals surface area (Å²) in [6, 6.07) is 8.02. The van der Waals surface area contributed by atoms with Crippen LogP contribution in [0.15, 0.2) is 40.8 Å². The number of carbonyl (C=O) groups is 1. The molecule has 174 valence electrons. The lowest BCUT2D eigenvalue weighted by molar-refractivity contribution is -0.137. The maximum Gasteiger partial charge on any atom is 0.416 e. The van der Waals surface area contributed by atoms with E-state index in [0.29, 0.717) is 24.6 Å². The number of carbonyl (C=O) groups excluding carboxylic acids is 1. The van der Waals surface area contributed by atoms with Gasteiger partial charge < -0.3 is 14.1 Å². The van der Waals surface area contributed by atoms with E-state index >= 15 is 0 Å². The number of morpholine rings is 1. The number of ether oxygens (including phenoxy) is 1. The van der Waals surface area contributed by atoms with Crippen LogP contribution in [-0.4, -0.2) is 60.6 Å². The Bertz CT molecular complexity index is 925. The van der Waals surface area contributed by atoms with Crippen molar-refractivity contribution in [2.24, 2.45) is 5.92 Å². The average molecular weight is 451 g/mol. The zero-order valence-corrected chi connectivity index (χ0v) is 18.4. The van der Waals surface area contributed by atoms with Gasteiger partial charge in [-0.3, -0.25) is 9.69 Å². The van der Waals surface area contributed by atoms with Crippen LogP contribution in [-0.2, 0) is 10.9 Å². The van der Waals surface area contributed by atoms with Crippen LogP contribution in [0.5, 0.6) is 0 Å². The van der Waals surface area contributed by atoms with Crippen molar-refractivity contribution >= 4 is 5.91 Å². The van der Waals surface area contributed by atoms with Crippen LogP contribution in [0.4, 0.5) is 13.2 Å². The van der Waals surface area contributed by atoms with Crippen LogP contribution < -0.4 is 0 Å². The number of hydrogen-bond acceptors (Lipinski definition) is 4. The highest BCUT2D eigenvalue weighted by Gasteiger charge is 2.31. The highest BCUT2D eigenvalue weighted by Crippen LogP contribution is 2.33. The fourth-order valence-electron chi connectivity index (χ4n) is 4.73. The molecule has 2 atom stereocenters. The van der Waals surface area contributed by atoms with Crippen LogP contribution >= 0.6 is 0 Å². The fourth-order valence-corrected chi connectivity index (χ4v) is 4.73. The van der Waals surface area contributed by atoms with Gasteiger partial charge in [0.15, 0.2) is 5.76 Å². The molecule has 0 saturated carbocycles. The van der Waals surface area contributed by atoms with Gasteiger partial charge in [-0.25, -0.2) is 0 Å². The summed E-state index contributed by atoms with van der Waals surface area (Å²) in [7, 11) is 0. The van der Waals surface area contributed by atoms with Crippen molar-refractivity contribution in [3.05, 3.63) is 47.7 Å². The summed E-state index contributed by atoms with van der Waals surface area (Å²) in [4.78, 5) is 17.1. The molecule has 2 aliphatic heterocycles. The van der Waals surface area contributed by atoms with Crippen molar-refractivity contribution < 1.29 is 27.1 Å². The summed E-state index contributed by atoms with van der Waals surface area (Å²) in [5.41, 5.74) is -0.447. The molecule has 0 N–H and O–H groups in total. The van der Waals surface area contributed by atoms with Gasteiger partial charge in [0.05, 0.1) is 17.8 Å². The van der Waals surface area contributed by atoms with Gasteiger partial charge in [-0.05, 0) is 56.9 Å². The van der Waals surface area contributed by atoms with Gasteiger partial charge in [0.25, 0.3) is 5.91 Å². The normalized spacial score (nSPS) is 23.5. The highest BCUT2D eigenvalue weighted by molar-refractivity contribution is 5.92. The molecule has 3 heterocycles. The molecule has 2 unspecified atom stereocenters. The average Bonchev–Trinajstić information content (AvgIpc) is 3.23. The van der Waals surface area contributed by atoms with E-state index in [9.17, 15) is 18.0 Å². The predicted octanol–water partition coefficient (Wildman–Crippen LogP) is 4.93. The number of hydrogen-bond donors (Lipinski definition) is 0. The minimum atomic E-state index is -4.43. The molecule has 2 fully saturated rings. The van der Waals surface area contributed by atoms with Gasteiger partial charge >= 0.3 is 6.18 Å². The van der Waals surface area contributed by atoms with Crippen molar-refractivity contribution in [1.29, 1.82) is 0 Å². The first kappa shape index (κ1) is 22.9. The Morgan fingerprint density at radius 1 is 1.06 bits per heavy atom. The van der Waals surface area contributed by atoms with E-state index in [-0.39, 0.29) is 29.6 Å². The molecule has 0 aliphatic carbocycles. The van der Waals surface area contributed by atoms with E-state index in [4.69, 9.17) is 9.15 Å². The van der Waals surface area contributed by atoms with Gasteiger partial charge in [-0.1, -0.05) is 12.1 Å². The van der Waals surface area contributed by atoms with Crippen LogP contribution in [0, 0.1) is 5.92 Å². The lowest BCUT2D eigenvalue weighted by Gasteiger charge is -2.39. The summed E-state index contributed by atoms with van der Waals surface area (Å²) in [5, 5.41) is 0. The zero-order valence-electron chi connectivity index (χ0n) is 18.4. The van der Waals surface area contributed by atoms with Gasteiger partial charge in [0, 0.05) is 38.3 Å². The molecule has 0 spiro atoms. The second-order valence-corrected chi connectivity index (χ2v) is 8.95.